The molecule has 0 N–H and O–H groups in total. The smallest absolute Gasteiger partial charge is 0.267 e. The number of carbonyl (C=O) groups excluding carboxylic acids is 1. The van der Waals surface area contributed by atoms with Crippen LogP contribution in [0.2, 0.25) is 0 Å². The number of nitrogens with zero attached hydrogens (tertiary/aromatic N) is 3. The van der Waals surface area contributed by atoms with Gasteiger partial charge in [-0.2, -0.15) is 23.0 Å². The van der Waals surface area contributed by atoms with Gasteiger partial charge in [-0.1, -0.05) is 54.2 Å². The largest absolute Gasteiger partial charge is 0.416 e. The number of aryl methyl sites for hydroxylation is 1. The Hall–Kier alpha value is -3.92. The minimum atomic E-state index is -4.46. The molecular formula is C25H18F3N3O3S. The fourth-order valence-electron chi connectivity index (χ4n) is 3.65. The number of aromatic nitrogens is 2. The van der Waals surface area contributed by atoms with Gasteiger partial charge < -0.3 is 0 Å². The average Bonchev–Trinajstić information content (AvgIpc) is 3.11. The monoisotopic (exact) mass is 497 g/mol. The topological polar surface area (TPSA) is 78.0 Å². The first-order chi connectivity index (χ1) is 16.6. The number of nitro groups is 1. The van der Waals surface area contributed by atoms with Crippen LogP contribution in [0.25, 0.3) is 11.1 Å². The highest BCUT2D eigenvalue weighted by Gasteiger charge is 2.30. The second-order valence-corrected chi connectivity index (χ2v) is 8.72. The van der Waals surface area contributed by atoms with Crippen LogP contribution in [0, 0.1) is 24.0 Å². The number of benzene rings is 3. The van der Waals surface area contributed by atoms with E-state index in [2.05, 4.69) is 5.10 Å². The molecule has 0 saturated heterocycles. The third kappa shape index (κ3) is 4.83. The zero-order chi connectivity index (χ0) is 25.3. The average molecular weight is 497 g/mol. The minimum absolute atomic E-state index is 0.0528. The Labute approximate surface area is 202 Å². The van der Waals surface area contributed by atoms with Gasteiger partial charge in [0.2, 0.25) is 0 Å². The molecule has 10 heteroatoms. The molecule has 0 radical (unpaired) electrons. The molecule has 0 unspecified atom stereocenters. The fourth-order valence-corrected chi connectivity index (χ4v) is 4.69. The van der Waals surface area contributed by atoms with Crippen molar-refractivity contribution in [2.75, 3.05) is 0 Å². The molecule has 3 aromatic carbocycles. The van der Waals surface area contributed by atoms with Gasteiger partial charge in [-0.25, -0.2) is 0 Å². The number of nitro benzene ring substituents is 1. The highest BCUT2D eigenvalue weighted by Crippen LogP contribution is 2.38. The maximum absolute atomic E-state index is 13.5. The lowest BCUT2D eigenvalue weighted by Crippen LogP contribution is -2.16. The fraction of sp³-hybridized carbons (Fsp3) is 0.120. The zero-order valence-corrected chi connectivity index (χ0v) is 19.4. The first-order valence-electron chi connectivity index (χ1n) is 10.4. The van der Waals surface area contributed by atoms with Crippen LogP contribution in [-0.2, 0) is 6.18 Å². The van der Waals surface area contributed by atoms with E-state index < -0.39 is 22.6 Å². The molecule has 178 valence electrons. The Morgan fingerprint density at radius 2 is 1.60 bits per heavy atom. The summed E-state index contributed by atoms with van der Waals surface area (Å²) in [5, 5.41) is 15.7. The minimum Gasteiger partial charge on any atom is -0.267 e. The van der Waals surface area contributed by atoms with E-state index >= 15 is 0 Å². The zero-order valence-electron chi connectivity index (χ0n) is 18.5. The van der Waals surface area contributed by atoms with Crippen molar-refractivity contribution in [2.45, 2.75) is 29.8 Å². The number of alkyl halides is 3. The Balaban J connectivity index is 1.71. The molecule has 0 saturated carbocycles. The summed E-state index contributed by atoms with van der Waals surface area (Å²) < 4.78 is 40.1. The number of halogens is 3. The molecule has 0 aliphatic rings. The van der Waals surface area contributed by atoms with Crippen molar-refractivity contribution >= 4 is 23.4 Å². The molecule has 0 bridgehead atoms. The van der Waals surface area contributed by atoms with Crippen molar-refractivity contribution in [1.82, 2.24) is 9.78 Å². The summed E-state index contributed by atoms with van der Waals surface area (Å²) in [7, 11) is 0. The summed E-state index contributed by atoms with van der Waals surface area (Å²) >= 11 is 1.15. The van der Waals surface area contributed by atoms with Gasteiger partial charge in [0.1, 0.15) is 0 Å². The predicted molar refractivity (Wildman–Crippen MR) is 126 cm³/mol. The summed E-state index contributed by atoms with van der Waals surface area (Å²) in [5.41, 5.74) is 1.37. The molecule has 6 nitrogen and oxygen atoms in total. The van der Waals surface area contributed by atoms with Crippen molar-refractivity contribution in [3.8, 4) is 11.1 Å². The molecule has 0 atom stereocenters. The lowest BCUT2D eigenvalue weighted by atomic mass is 9.98. The van der Waals surface area contributed by atoms with Gasteiger partial charge in [-0.05, 0) is 49.2 Å². The predicted octanol–water partition coefficient (Wildman–Crippen LogP) is 6.93. The van der Waals surface area contributed by atoms with Crippen LogP contribution in [0.5, 0.6) is 0 Å². The van der Waals surface area contributed by atoms with Gasteiger partial charge in [-0.15, -0.1) is 0 Å². The van der Waals surface area contributed by atoms with Gasteiger partial charge in [-0.3, -0.25) is 14.9 Å². The lowest BCUT2D eigenvalue weighted by molar-refractivity contribution is -0.387. The van der Waals surface area contributed by atoms with E-state index in [9.17, 15) is 28.1 Å². The van der Waals surface area contributed by atoms with E-state index in [0.29, 0.717) is 32.3 Å². The molecule has 4 aromatic rings. The molecule has 4 rings (SSSR count). The molecule has 1 aromatic heterocycles. The molecule has 1 heterocycles. The second-order valence-electron chi connectivity index (χ2n) is 7.66. The van der Waals surface area contributed by atoms with Crippen LogP contribution in [0.1, 0.15) is 27.3 Å². The third-order valence-corrected chi connectivity index (χ3v) is 6.73. The first kappa shape index (κ1) is 24.2. The quantitative estimate of drug-likeness (QED) is 0.221. The molecule has 0 amide bonds. The van der Waals surface area contributed by atoms with Gasteiger partial charge in [0.25, 0.3) is 11.6 Å². The number of hydrogen-bond acceptors (Lipinski definition) is 5. The molecule has 0 aliphatic heterocycles. The standard InChI is InChI=1S/C25H18F3N3O3S/c1-15-23(35-22-10-6-5-9-21(22)31(33)34)16(2)30(29-15)24(32)20-8-4-3-7-19(20)17-11-13-18(14-12-17)25(26,27)28/h3-14H,1-2H3. The third-order valence-electron chi connectivity index (χ3n) is 5.37. The second kappa shape index (κ2) is 9.38. The van der Waals surface area contributed by atoms with Crippen molar-refractivity contribution in [3.63, 3.8) is 0 Å². The summed E-state index contributed by atoms with van der Waals surface area (Å²) in [6, 6.07) is 17.5. The van der Waals surface area contributed by atoms with E-state index in [0.717, 1.165) is 23.9 Å². The number of rotatable bonds is 5. The van der Waals surface area contributed by atoms with Crippen LogP contribution < -0.4 is 0 Å². The van der Waals surface area contributed by atoms with Crippen LogP contribution >= 0.6 is 11.8 Å². The Kier molecular flexibility index (Phi) is 6.49. The van der Waals surface area contributed by atoms with E-state index in [1.165, 1.54) is 22.9 Å². The van der Waals surface area contributed by atoms with Crippen molar-refractivity contribution in [1.29, 1.82) is 0 Å². The summed E-state index contributed by atoms with van der Waals surface area (Å²) in [6.45, 7) is 3.39. The van der Waals surface area contributed by atoms with E-state index in [4.69, 9.17) is 0 Å². The normalized spacial score (nSPS) is 11.5. The SMILES string of the molecule is Cc1nn(C(=O)c2ccccc2-c2ccc(C(F)(F)F)cc2)c(C)c1Sc1ccccc1[N+](=O)[O-]. The van der Waals surface area contributed by atoms with E-state index in [1.807, 2.05) is 0 Å². The molecule has 0 aliphatic carbocycles. The van der Waals surface area contributed by atoms with E-state index in [-0.39, 0.29) is 11.3 Å². The van der Waals surface area contributed by atoms with Crippen LogP contribution in [-0.4, -0.2) is 20.6 Å². The van der Waals surface area contributed by atoms with Crippen molar-refractivity contribution < 1.29 is 22.9 Å². The number of hydrogen-bond donors (Lipinski definition) is 0. The van der Waals surface area contributed by atoms with Crippen molar-refractivity contribution in [2.24, 2.45) is 0 Å². The van der Waals surface area contributed by atoms with Gasteiger partial charge in [0, 0.05) is 11.6 Å². The van der Waals surface area contributed by atoms with Crippen LogP contribution in [0.4, 0.5) is 18.9 Å². The maximum atomic E-state index is 13.5. The maximum Gasteiger partial charge on any atom is 0.416 e. The van der Waals surface area contributed by atoms with Crippen LogP contribution in [0.3, 0.4) is 0 Å². The number of carbonyl (C=O) groups is 1. The first-order valence-corrected chi connectivity index (χ1v) is 11.2. The molecule has 0 fully saturated rings. The van der Waals surface area contributed by atoms with Crippen molar-refractivity contribution in [3.05, 3.63) is 105 Å². The molecule has 0 spiro atoms. The summed E-state index contributed by atoms with van der Waals surface area (Å²) in [4.78, 5) is 25.4. The van der Waals surface area contributed by atoms with Gasteiger partial charge in [0.15, 0.2) is 0 Å². The Bertz CT molecular complexity index is 1430. The molecule has 35 heavy (non-hydrogen) atoms. The lowest BCUT2D eigenvalue weighted by Gasteiger charge is -2.12. The highest BCUT2D eigenvalue weighted by molar-refractivity contribution is 7.99. The van der Waals surface area contributed by atoms with Gasteiger partial charge >= 0.3 is 6.18 Å². The van der Waals surface area contributed by atoms with E-state index in [1.54, 1.807) is 56.3 Å². The summed E-state index contributed by atoms with van der Waals surface area (Å²) in [6.07, 6.45) is -4.46. The molecular weight excluding hydrogens is 479 g/mol. The number of para-hydroxylation sites is 1. The Morgan fingerprint density at radius 3 is 2.26 bits per heavy atom. The summed E-state index contributed by atoms with van der Waals surface area (Å²) in [5.74, 6) is -0.462. The highest BCUT2D eigenvalue weighted by atomic mass is 32.2. The van der Waals surface area contributed by atoms with Crippen LogP contribution in [0.15, 0.2) is 82.6 Å². The van der Waals surface area contributed by atoms with Gasteiger partial charge in [0.05, 0.1) is 31.7 Å². The Morgan fingerprint density at radius 1 is 0.971 bits per heavy atom.